The second-order valence-corrected chi connectivity index (χ2v) is 4.52. The van der Waals surface area contributed by atoms with Crippen LogP contribution in [0.4, 0.5) is 4.79 Å². The maximum atomic E-state index is 11.8. The van der Waals surface area contributed by atoms with E-state index in [4.69, 9.17) is 0 Å². The van der Waals surface area contributed by atoms with Crippen molar-refractivity contribution in [3.8, 4) is 0 Å². The van der Waals surface area contributed by atoms with E-state index in [0.29, 0.717) is 6.54 Å². The van der Waals surface area contributed by atoms with Gasteiger partial charge in [0.25, 0.3) is 0 Å². The average Bonchev–Trinajstić information content (AvgIpc) is 2.64. The topological polar surface area (TPSA) is 50.2 Å². The first kappa shape index (κ1) is 13.5. The predicted molar refractivity (Wildman–Crippen MR) is 67.6 cm³/mol. The highest BCUT2D eigenvalue weighted by Crippen LogP contribution is 2.02. The summed E-state index contributed by atoms with van der Waals surface area (Å²) in [6.07, 6.45) is 5.78. The Morgan fingerprint density at radius 1 is 1.65 bits per heavy atom. The first-order valence-corrected chi connectivity index (χ1v) is 6.02. The highest BCUT2D eigenvalue weighted by molar-refractivity contribution is 5.74. The van der Waals surface area contributed by atoms with Crippen LogP contribution in [-0.4, -0.2) is 33.8 Å². The fraction of sp³-hybridized carbons (Fsp3) is 0.667. The zero-order valence-corrected chi connectivity index (χ0v) is 11.1. The normalized spacial score (nSPS) is 12.2. The van der Waals surface area contributed by atoms with Crippen molar-refractivity contribution in [1.29, 1.82) is 0 Å². The number of hydrogen-bond donors (Lipinski definition) is 1. The van der Waals surface area contributed by atoms with Gasteiger partial charge in [-0.15, -0.1) is 0 Å². The number of nitrogens with zero attached hydrogens (tertiary/aromatic N) is 3. The molecule has 1 rings (SSSR count). The zero-order valence-electron chi connectivity index (χ0n) is 11.1. The Bertz CT molecular complexity index is 361. The molecule has 1 atom stereocenters. The molecule has 2 amide bonds. The summed E-state index contributed by atoms with van der Waals surface area (Å²) in [6.45, 7) is 4.72. The van der Waals surface area contributed by atoms with E-state index in [0.717, 1.165) is 18.4 Å². The van der Waals surface area contributed by atoms with Gasteiger partial charge in [0, 0.05) is 31.9 Å². The van der Waals surface area contributed by atoms with E-state index in [1.165, 1.54) is 0 Å². The summed E-state index contributed by atoms with van der Waals surface area (Å²) in [5.74, 6) is 0. The van der Waals surface area contributed by atoms with Crippen LogP contribution >= 0.6 is 0 Å². The number of hydrogen-bond acceptors (Lipinski definition) is 2. The molecule has 5 nitrogen and oxygen atoms in total. The van der Waals surface area contributed by atoms with Gasteiger partial charge in [-0.2, -0.15) is 5.10 Å². The van der Waals surface area contributed by atoms with Crippen molar-refractivity contribution >= 4 is 6.03 Å². The van der Waals surface area contributed by atoms with Gasteiger partial charge < -0.3 is 10.2 Å². The second-order valence-electron chi connectivity index (χ2n) is 4.52. The number of aryl methyl sites for hydroxylation is 1. The lowest BCUT2D eigenvalue weighted by atomic mass is 10.2. The van der Waals surface area contributed by atoms with Crippen LogP contribution in [0, 0.1) is 0 Å². The molecule has 0 aliphatic heterocycles. The summed E-state index contributed by atoms with van der Waals surface area (Å²) in [5, 5.41) is 7.05. The van der Waals surface area contributed by atoms with Gasteiger partial charge in [0.05, 0.1) is 12.7 Å². The quantitative estimate of drug-likeness (QED) is 0.849. The van der Waals surface area contributed by atoms with Crippen LogP contribution in [0.1, 0.15) is 32.3 Å². The highest BCUT2D eigenvalue weighted by atomic mass is 16.2. The van der Waals surface area contributed by atoms with Crippen molar-refractivity contribution in [3.63, 3.8) is 0 Å². The smallest absolute Gasteiger partial charge is 0.317 e. The molecule has 1 aromatic rings. The van der Waals surface area contributed by atoms with Gasteiger partial charge in [0.1, 0.15) is 0 Å². The molecule has 0 aliphatic rings. The fourth-order valence-corrected chi connectivity index (χ4v) is 1.73. The molecule has 0 aliphatic carbocycles. The lowest BCUT2D eigenvalue weighted by Gasteiger charge is -2.20. The third-order valence-corrected chi connectivity index (χ3v) is 2.62. The van der Waals surface area contributed by atoms with Gasteiger partial charge >= 0.3 is 6.03 Å². The van der Waals surface area contributed by atoms with Crippen molar-refractivity contribution < 1.29 is 4.79 Å². The number of rotatable bonds is 5. The van der Waals surface area contributed by atoms with Crippen LogP contribution in [0.3, 0.4) is 0 Å². The van der Waals surface area contributed by atoms with Gasteiger partial charge in [-0.1, -0.05) is 13.3 Å². The first-order valence-electron chi connectivity index (χ1n) is 6.02. The van der Waals surface area contributed by atoms with E-state index in [-0.39, 0.29) is 12.1 Å². The molecule has 0 saturated carbocycles. The van der Waals surface area contributed by atoms with Gasteiger partial charge in [0.2, 0.25) is 0 Å². The van der Waals surface area contributed by atoms with Crippen LogP contribution in [0.5, 0.6) is 0 Å². The minimum atomic E-state index is -0.0326. The first-order chi connectivity index (χ1) is 8.02. The van der Waals surface area contributed by atoms with E-state index in [1.54, 1.807) is 22.8 Å². The summed E-state index contributed by atoms with van der Waals surface area (Å²) >= 11 is 0. The Kier molecular flexibility index (Phi) is 5.00. The standard InChI is InChI=1S/C12H22N4O/c1-5-6-10(2)14-12(17)15(3)8-11-7-13-16(4)9-11/h7,9-10H,5-6,8H2,1-4H3,(H,14,17). The molecule has 0 aromatic carbocycles. The molecular weight excluding hydrogens is 216 g/mol. The summed E-state index contributed by atoms with van der Waals surface area (Å²) < 4.78 is 1.74. The van der Waals surface area contributed by atoms with Crippen molar-refractivity contribution in [2.24, 2.45) is 7.05 Å². The Balaban J connectivity index is 2.41. The predicted octanol–water partition coefficient (Wildman–Crippen LogP) is 1.75. The Hall–Kier alpha value is -1.52. The minimum absolute atomic E-state index is 0.0326. The van der Waals surface area contributed by atoms with E-state index in [1.807, 2.05) is 20.2 Å². The van der Waals surface area contributed by atoms with Crippen molar-refractivity contribution in [3.05, 3.63) is 18.0 Å². The Morgan fingerprint density at radius 3 is 2.88 bits per heavy atom. The van der Waals surface area contributed by atoms with Gasteiger partial charge in [-0.05, 0) is 13.3 Å². The molecule has 0 bridgehead atoms. The van der Waals surface area contributed by atoms with E-state index < -0.39 is 0 Å². The fourth-order valence-electron chi connectivity index (χ4n) is 1.73. The highest BCUT2D eigenvalue weighted by Gasteiger charge is 2.12. The zero-order chi connectivity index (χ0) is 12.8. The second kappa shape index (κ2) is 6.27. The average molecular weight is 238 g/mol. The van der Waals surface area contributed by atoms with Crippen LogP contribution in [-0.2, 0) is 13.6 Å². The summed E-state index contributed by atoms with van der Waals surface area (Å²) in [7, 11) is 3.66. The lowest BCUT2D eigenvalue weighted by Crippen LogP contribution is -2.41. The summed E-state index contributed by atoms with van der Waals surface area (Å²) in [5.41, 5.74) is 1.04. The molecule has 1 heterocycles. The van der Waals surface area contributed by atoms with Crippen LogP contribution in [0.2, 0.25) is 0 Å². The number of nitrogens with one attached hydrogen (secondary N) is 1. The number of amides is 2. The largest absolute Gasteiger partial charge is 0.336 e. The number of aromatic nitrogens is 2. The molecule has 0 fully saturated rings. The SMILES string of the molecule is CCCC(C)NC(=O)N(C)Cc1cnn(C)c1. The van der Waals surface area contributed by atoms with Crippen LogP contribution in [0.15, 0.2) is 12.4 Å². The van der Waals surface area contributed by atoms with Crippen molar-refractivity contribution in [2.45, 2.75) is 39.3 Å². The lowest BCUT2D eigenvalue weighted by molar-refractivity contribution is 0.203. The van der Waals surface area contributed by atoms with Crippen molar-refractivity contribution in [1.82, 2.24) is 20.0 Å². The van der Waals surface area contributed by atoms with Gasteiger partial charge in [-0.3, -0.25) is 4.68 Å². The van der Waals surface area contributed by atoms with E-state index >= 15 is 0 Å². The molecule has 17 heavy (non-hydrogen) atoms. The number of urea groups is 1. The maximum absolute atomic E-state index is 11.8. The summed E-state index contributed by atoms with van der Waals surface area (Å²) in [4.78, 5) is 13.5. The molecule has 0 saturated heterocycles. The number of carbonyl (C=O) groups excluding carboxylic acids is 1. The molecular formula is C12H22N4O. The van der Waals surface area contributed by atoms with Crippen LogP contribution < -0.4 is 5.32 Å². The third kappa shape index (κ3) is 4.46. The van der Waals surface area contributed by atoms with Crippen LogP contribution in [0.25, 0.3) is 0 Å². The van der Waals surface area contributed by atoms with Gasteiger partial charge in [-0.25, -0.2) is 4.79 Å². The Morgan fingerprint density at radius 2 is 2.35 bits per heavy atom. The molecule has 5 heteroatoms. The summed E-state index contributed by atoms with van der Waals surface area (Å²) in [6, 6.07) is 0.193. The molecule has 1 aromatic heterocycles. The minimum Gasteiger partial charge on any atom is -0.336 e. The molecule has 1 unspecified atom stereocenters. The third-order valence-electron chi connectivity index (χ3n) is 2.62. The maximum Gasteiger partial charge on any atom is 0.317 e. The van der Waals surface area contributed by atoms with Crippen molar-refractivity contribution in [2.75, 3.05) is 7.05 Å². The monoisotopic (exact) mass is 238 g/mol. The number of carbonyl (C=O) groups is 1. The molecule has 0 spiro atoms. The Labute approximate surface area is 103 Å². The van der Waals surface area contributed by atoms with E-state index in [9.17, 15) is 4.79 Å². The molecule has 96 valence electrons. The van der Waals surface area contributed by atoms with Gasteiger partial charge in [0.15, 0.2) is 0 Å². The molecule has 0 radical (unpaired) electrons. The molecule has 1 N–H and O–H groups in total. The van der Waals surface area contributed by atoms with E-state index in [2.05, 4.69) is 17.3 Å².